The molecule has 0 aliphatic heterocycles. The van der Waals surface area contributed by atoms with Crippen LogP contribution in [0, 0.1) is 0 Å². The summed E-state index contributed by atoms with van der Waals surface area (Å²) in [5, 5.41) is 3.73. The second-order valence-corrected chi connectivity index (χ2v) is 2.06. The van der Waals surface area contributed by atoms with E-state index in [0.29, 0.717) is 6.54 Å². The summed E-state index contributed by atoms with van der Waals surface area (Å²) < 4.78 is 0. The highest BCUT2D eigenvalue weighted by Gasteiger charge is 2.00. The molecule has 0 aliphatic rings. The third-order valence-electron chi connectivity index (χ3n) is 0.853. The van der Waals surface area contributed by atoms with E-state index in [4.69, 9.17) is 0 Å². The van der Waals surface area contributed by atoms with Crippen molar-refractivity contribution in [3.63, 3.8) is 0 Å². The highest BCUT2D eigenvalue weighted by molar-refractivity contribution is 5.73. The van der Waals surface area contributed by atoms with E-state index in [-0.39, 0.29) is 6.03 Å². The zero-order valence-electron chi connectivity index (χ0n) is 6.22. The van der Waals surface area contributed by atoms with Gasteiger partial charge in [-0.05, 0) is 6.42 Å². The Labute approximate surface area is 56.0 Å². The molecular weight excluding hydrogens is 116 g/mol. The Balaban J connectivity index is 3.28. The molecule has 3 nitrogen and oxygen atoms in total. The van der Waals surface area contributed by atoms with E-state index in [1.165, 1.54) is 4.90 Å². The molecule has 0 unspecified atom stereocenters. The Morgan fingerprint density at radius 2 is 2.11 bits per heavy atom. The van der Waals surface area contributed by atoms with Gasteiger partial charge in [0.1, 0.15) is 0 Å². The maximum atomic E-state index is 10.7. The van der Waals surface area contributed by atoms with Gasteiger partial charge in [0, 0.05) is 20.6 Å². The molecule has 9 heavy (non-hydrogen) atoms. The number of hydrogen-bond donors (Lipinski definition) is 0. The number of urea groups is 1. The summed E-state index contributed by atoms with van der Waals surface area (Å²) in [6.45, 7) is 2.63. The summed E-state index contributed by atoms with van der Waals surface area (Å²) in [7, 11) is 3.39. The lowest BCUT2D eigenvalue weighted by atomic mass is 10.5. The highest BCUT2D eigenvalue weighted by atomic mass is 16.2. The van der Waals surface area contributed by atoms with Crippen molar-refractivity contribution in [2.75, 3.05) is 20.6 Å². The minimum absolute atomic E-state index is 0.142. The molecule has 0 aromatic rings. The Morgan fingerprint density at radius 1 is 1.56 bits per heavy atom. The molecule has 0 N–H and O–H groups in total. The van der Waals surface area contributed by atoms with Crippen molar-refractivity contribution in [1.82, 2.24) is 10.2 Å². The van der Waals surface area contributed by atoms with Crippen molar-refractivity contribution in [3.8, 4) is 0 Å². The second-order valence-electron chi connectivity index (χ2n) is 2.06. The summed E-state index contributed by atoms with van der Waals surface area (Å²) in [4.78, 5) is 12.1. The van der Waals surface area contributed by atoms with E-state index < -0.39 is 0 Å². The predicted molar refractivity (Wildman–Crippen MR) is 36.4 cm³/mol. The van der Waals surface area contributed by atoms with E-state index >= 15 is 0 Å². The summed E-state index contributed by atoms with van der Waals surface area (Å²) in [6.07, 6.45) is 0.930. The SMILES string of the molecule is CCC[N]C(=O)N(C)C. The van der Waals surface area contributed by atoms with Gasteiger partial charge in [0.05, 0.1) is 0 Å². The molecule has 3 heteroatoms. The molecular formula is C6H13N2O. The molecule has 1 radical (unpaired) electrons. The lowest BCUT2D eigenvalue weighted by molar-refractivity contribution is 0.216. The fraction of sp³-hybridized carbons (Fsp3) is 0.833. The highest BCUT2D eigenvalue weighted by Crippen LogP contribution is 1.79. The van der Waals surface area contributed by atoms with Crippen LogP contribution in [-0.4, -0.2) is 31.6 Å². The van der Waals surface area contributed by atoms with E-state index in [1.807, 2.05) is 6.92 Å². The van der Waals surface area contributed by atoms with Gasteiger partial charge in [0.2, 0.25) is 0 Å². The van der Waals surface area contributed by atoms with Crippen LogP contribution in [0.3, 0.4) is 0 Å². The van der Waals surface area contributed by atoms with Crippen molar-refractivity contribution in [1.29, 1.82) is 0 Å². The quantitative estimate of drug-likeness (QED) is 0.540. The summed E-state index contributed by atoms with van der Waals surface area (Å²) in [5.41, 5.74) is 0. The largest absolute Gasteiger partial charge is 0.338 e. The van der Waals surface area contributed by atoms with E-state index in [2.05, 4.69) is 5.32 Å². The molecule has 0 spiro atoms. The monoisotopic (exact) mass is 129 g/mol. The van der Waals surface area contributed by atoms with Gasteiger partial charge in [-0.25, -0.2) is 10.1 Å². The second kappa shape index (κ2) is 4.18. The third kappa shape index (κ3) is 3.82. The van der Waals surface area contributed by atoms with Crippen LogP contribution in [-0.2, 0) is 0 Å². The molecule has 0 aliphatic carbocycles. The minimum atomic E-state index is -0.142. The number of hydrogen-bond acceptors (Lipinski definition) is 1. The topological polar surface area (TPSA) is 34.4 Å². The maximum absolute atomic E-state index is 10.7. The van der Waals surface area contributed by atoms with Gasteiger partial charge in [-0.15, -0.1) is 0 Å². The molecule has 0 heterocycles. The fourth-order valence-corrected chi connectivity index (χ4v) is 0.349. The Hall–Kier alpha value is -0.730. The summed E-state index contributed by atoms with van der Waals surface area (Å²) in [5.74, 6) is 0. The first kappa shape index (κ1) is 8.27. The van der Waals surface area contributed by atoms with Gasteiger partial charge in [0.15, 0.2) is 0 Å². The first-order valence-electron chi connectivity index (χ1n) is 3.07. The van der Waals surface area contributed by atoms with Crippen molar-refractivity contribution >= 4 is 6.03 Å². The minimum Gasteiger partial charge on any atom is -0.329 e. The molecule has 0 rings (SSSR count). The number of nitrogens with zero attached hydrogens (tertiary/aromatic N) is 2. The first-order chi connectivity index (χ1) is 4.18. The van der Waals surface area contributed by atoms with E-state index in [0.717, 1.165) is 6.42 Å². The van der Waals surface area contributed by atoms with Crippen LogP contribution in [0.15, 0.2) is 0 Å². The van der Waals surface area contributed by atoms with Gasteiger partial charge in [0.25, 0.3) is 0 Å². The number of carbonyl (C=O) groups is 1. The van der Waals surface area contributed by atoms with E-state index in [9.17, 15) is 4.79 Å². The smallest absolute Gasteiger partial charge is 0.329 e. The third-order valence-corrected chi connectivity index (χ3v) is 0.853. The first-order valence-corrected chi connectivity index (χ1v) is 3.07. The van der Waals surface area contributed by atoms with Gasteiger partial charge in [-0.2, -0.15) is 0 Å². The zero-order valence-corrected chi connectivity index (χ0v) is 6.22. The van der Waals surface area contributed by atoms with Crippen LogP contribution in [0.25, 0.3) is 0 Å². The van der Waals surface area contributed by atoms with Gasteiger partial charge < -0.3 is 4.90 Å². The van der Waals surface area contributed by atoms with Crippen LogP contribution >= 0.6 is 0 Å². The summed E-state index contributed by atoms with van der Waals surface area (Å²) >= 11 is 0. The molecule has 0 fully saturated rings. The predicted octanol–water partition coefficient (Wildman–Crippen LogP) is 0.682. The number of amides is 2. The van der Waals surface area contributed by atoms with Crippen molar-refractivity contribution in [2.24, 2.45) is 0 Å². The number of carbonyl (C=O) groups excluding carboxylic acids is 1. The van der Waals surface area contributed by atoms with Gasteiger partial charge in [-0.3, -0.25) is 0 Å². The van der Waals surface area contributed by atoms with Crippen molar-refractivity contribution in [2.45, 2.75) is 13.3 Å². The average Bonchev–Trinajstić information content (AvgIpc) is 1.82. The molecule has 0 aromatic heterocycles. The van der Waals surface area contributed by atoms with Gasteiger partial charge >= 0.3 is 6.03 Å². The lowest BCUT2D eigenvalue weighted by Gasteiger charge is -2.07. The average molecular weight is 129 g/mol. The van der Waals surface area contributed by atoms with Crippen LogP contribution in [0.4, 0.5) is 4.79 Å². The standard InChI is InChI=1S/C6H13N2O/c1-4-5-7-6(9)8(2)3/h4-5H2,1-3H3. The Morgan fingerprint density at radius 3 is 2.44 bits per heavy atom. The van der Waals surface area contributed by atoms with Crippen molar-refractivity contribution in [3.05, 3.63) is 0 Å². The molecule has 53 valence electrons. The van der Waals surface area contributed by atoms with Crippen LogP contribution in [0.2, 0.25) is 0 Å². The number of rotatable bonds is 2. The molecule has 2 amide bonds. The Kier molecular flexibility index (Phi) is 3.84. The lowest BCUT2D eigenvalue weighted by Crippen LogP contribution is -2.29. The van der Waals surface area contributed by atoms with Crippen LogP contribution in [0.5, 0.6) is 0 Å². The molecule has 0 bridgehead atoms. The maximum Gasteiger partial charge on any atom is 0.338 e. The van der Waals surface area contributed by atoms with Crippen LogP contribution in [0.1, 0.15) is 13.3 Å². The van der Waals surface area contributed by atoms with Crippen LogP contribution < -0.4 is 5.32 Å². The molecule has 0 saturated heterocycles. The van der Waals surface area contributed by atoms with Crippen molar-refractivity contribution < 1.29 is 4.79 Å². The molecule has 0 aromatic carbocycles. The normalized spacial score (nSPS) is 8.78. The zero-order chi connectivity index (χ0) is 7.28. The molecule has 0 saturated carbocycles. The Bertz CT molecular complexity index is 91.1. The molecule has 0 atom stereocenters. The van der Waals surface area contributed by atoms with Gasteiger partial charge in [-0.1, -0.05) is 6.92 Å². The summed E-state index contributed by atoms with van der Waals surface area (Å²) in [6, 6.07) is -0.142. The van der Waals surface area contributed by atoms with E-state index in [1.54, 1.807) is 14.1 Å². The fourth-order valence-electron chi connectivity index (χ4n) is 0.349.